The Morgan fingerprint density at radius 2 is 1.84 bits per heavy atom. The Balaban J connectivity index is 2.16. The molecule has 2 heterocycles. The van der Waals surface area contributed by atoms with Gasteiger partial charge in [0.05, 0.1) is 35.5 Å². The smallest absolute Gasteiger partial charge is 0.337 e. The number of hydrogen-bond donors (Lipinski definition) is 1. The number of likely N-dealkylation sites (N-methyl/N-ethyl adjacent to an activating group) is 1. The van der Waals surface area contributed by atoms with Crippen LogP contribution in [0.1, 0.15) is 39.0 Å². The second-order valence-electron chi connectivity index (χ2n) is 7.83. The van der Waals surface area contributed by atoms with E-state index in [9.17, 15) is 19.5 Å². The number of aliphatic hydroxyl groups is 1. The van der Waals surface area contributed by atoms with E-state index >= 15 is 0 Å². The molecule has 1 saturated heterocycles. The first-order valence-corrected chi connectivity index (χ1v) is 10.1. The highest BCUT2D eigenvalue weighted by molar-refractivity contribution is 6.46. The van der Waals surface area contributed by atoms with E-state index in [1.54, 1.807) is 38.1 Å². The molecule has 9 heteroatoms. The van der Waals surface area contributed by atoms with Crippen LogP contribution in [-0.2, 0) is 14.3 Å². The summed E-state index contributed by atoms with van der Waals surface area (Å²) in [5.41, 5.74) is 1.67. The molecular weight excluding hydrogens is 412 g/mol. The zero-order valence-corrected chi connectivity index (χ0v) is 18.7. The molecular formula is C23H26N4O5. The lowest BCUT2D eigenvalue weighted by molar-refractivity contribution is -0.140. The van der Waals surface area contributed by atoms with Gasteiger partial charge in [-0.3, -0.25) is 9.59 Å². The first-order chi connectivity index (χ1) is 15.1. The highest BCUT2D eigenvalue weighted by Crippen LogP contribution is 2.39. The summed E-state index contributed by atoms with van der Waals surface area (Å²) in [6.07, 6.45) is 1.44. The molecule has 0 saturated carbocycles. The van der Waals surface area contributed by atoms with Gasteiger partial charge < -0.3 is 19.6 Å². The number of nitrogens with zero attached hydrogens (tertiary/aromatic N) is 4. The summed E-state index contributed by atoms with van der Waals surface area (Å²) < 4.78 is 4.74. The molecule has 1 aliphatic heterocycles. The molecule has 1 aromatic heterocycles. The Bertz CT molecular complexity index is 1090. The molecule has 0 radical (unpaired) electrons. The van der Waals surface area contributed by atoms with Gasteiger partial charge in [-0.15, -0.1) is 0 Å². The van der Waals surface area contributed by atoms with Gasteiger partial charge in [0.2, 0.25) is 0 Å². The summed E-state index contributed by atoms with van der Waals surface area (Å²) >= 11 is 0. The van der Waals surface area contributed by atoms with Gasteiger partial charge in [-0.1, -0.05) is 12.1 Å². The molecule has 9 nitrogen and oxygen atoms in total. The average Bonchev–Trinajstić information content (AvgIpc) is 3.01. The summed E-state index contributed by atoms with van der Waals surface area (Å²) in [6, 6.07) is 5.61. The van der Waals surface area contributed by atoms with Crippen molar-refractivity contribution in [3.8, 4) is 0 Å². The molecule has 1 aliphatic rings. The normalized spacial score (nSPS) is 17.8. The largest absolute Gasteiger partial charge is 0.507 e. The number of benzene rings is 1. The highest BCUT2D eigenvalue weighted by Gasteiger charge is 2.46. The molecule has 1 fully saturated rings. The van der Waals surface area contributed by atoms with Crippen molar-refractivity contribution in [3.05, 3.63) is 64.2 Å². The van der Waals surface area contributed by atoms with E-state index in [1.165, 1.54) is 18.2 Å². The average molecular weight is 438 g/mol. The summed E-state index contributed by atoms with van der Waals surface area (Å²) in [5, 5.41) is 11.1. The van der Waals surface area contributed by atoms with Gasteiger partial charge in [-0.2, -0.15) is 0 Å². The maximum absolute atomic E-state index is 13.0. The molecule has 0 unspecified atom stereocenters. The van der Waals surface area contributed by atoms with Crippen molar-refractivity contribution < 1.29 is 24.2 Å². The number of aryl methyl sites for hydroxylation is 2. The van der Waals surface area contributed by atoms with Crippen LogP contribution in [0.3, 0.4) is 0 Å². The Morgan fingerprint density at radius 3 is 2.41 bits per heavy atom. The van der Waals surface area contributed by atoms with Crippen LogP contribution in [0, 0.1) is 13.8 Å². The van der Waals surface area contributed by atoms with Gasteiger partial charge in [-0.05, 0) is 45.6 Å². The number of esters is 1. The van der Waals surface area contributed by atoms with Crippen molar-refractivity contribution in [1.82, 2.24) is 19.8 Å². The SMILES string of the molecule is COC(=O)c1ccc([C@@H]2/C(=C(\O)c3cnc(C)nc3C)C(=O)C(=O)N2CCN(C)C)cc1. The van der Waals surface area contributed by atoms with E-state index < -0.39 is 23.7 Å². The number of likely N-dealkylation sites (tertiary alicyclic amines) is 1. The van der Waals surface area contributed by atoms with Crippen molar-refractivity contribution in [2.45, 2.75) is 19.9 Å². The summed E-state index contributed by atoms with van der Waals surface area (Å²) in [4.78, 5) is 49.4. The molecule has 168 valence electrons. The third kappa shape index (κ3) is 4.38. The van der Waals surface area contributed by atoms with Crippen LogP contribution >= 0.6 is 0 Å². The highest BCUT2D eigenvalue weighted by atomic mass is 16.5. The molecule has 2 aromatic rings. The van der Waals surface area contributed by atoms with Crippen molar-refractivity contribution in [2.24, 2.45) is 0 Å². The Kier molecular flexibility index (Phi) is 6.69. The van der Waals surface area contributed by atoms with Gasteiger partial charge in [0.1, 0.15) is 11.6 Å². The van der Waals surface area contributed by atoms with Crippen molar-refractivity contribution >= 4 is 23.4 Å². The third-order valence-corrected chi connectivity index (χ3v) is 5.33. The van der Waals surface area contributed by atoms with E-state index in [0.717, 1.165) is 0 Å². The fraction of sp³-hybridized carbons (Fsp3) is 0.348. The van der Waals surface area contributed by atoms with E-state index in [0.29, 0.717) is 29.2 Å². The number of aromatic nitrogens is 2. The number of aliphatic hydroxyl groups excluding tert-OH is 1. The van der Waals surface area contributed by atoms with E-state index in [4.69, 9.17) is 4.74 Å². The minimum atomic E-state index is -0.817. The minimum Gasteiger partial charge on any atom is -0.507 e. The fourth-order valence-corrected chi connectivity index (χ4v) is 3.65. The molecule has 1 amide bonds. The minimum absolute atomic E-state index is 0.0323. The first kappa shape index (κ1) is 23.1. The van der Waals surface area contributed by atoms with E-state index in [-0.39, 0.29) is 23.4 Å². The molecule has 1 aromatic carbocycles. The van der Waals surface area contributed by atoms with Crippen LogP contribution in [0.2, 0.25) is 0 Å². The van der Waals surface area contributed by atoms with Crippen molar-refractivity contribution in [2.75, 3.05) is 34.3 Å². The standard InChI is InChI=1S/C23H26N4O5/c1-13-17(12-24-14(2)25-13)20(28)18-19(15-6-8-16(9-7-15)23(31)32-5)27(11-10-26(3)4)22(30)21(18)29/h6-9,12,19,28H,10-11H2,1-5H3/b20-18+/t19-/m1/s1. The number of ketones is 1. The first-order valence-electron chi connectivity index (χ1n) is 10.1. The van der Waals surface area contributed by atoms with Crippen LogP contribution in [0.4, 0.5) is 0 Å². The Labute approximate surface area is 186 Å². The predicted octanol–water partition coefficient (Wildman–Crippen LogP) is 1.86. The number of carbonyl (C=O) groups excluding carboxylic acids is 3. The lowest BCUT2D eigenvalue weighted by atomic mass is 9.94. The molecule has 3 rings (SSSR count). The van der Waals surface area contributed by atoms with Crippen molar-refractivity contribution in [3.63, 3.8) is 0 Å². The van der Waals surface area contributed by atoms with Crippen LogP contribution in [0.25, 0.3) is 5.76 Å². The lowest BCUT2D eigenvalue weighted by Crippen LogP contribution is -2.35. The fourth-order valence-electron chi connectivity index (χ4n) is 3.65. The van der Waals surface area contributed by atoms with E-state index in [1.807, 2.05) is 19.0 Å². The summed E-state index contributed by atoms with van der Waals surface area (Å²) in [6.45, 7) is 4.23. The predicted molar refractivity (Wildman–Crippen MR) is 117 cm³/mol. The lowest BCUT2D eigenvalue weighted by Gasteiger charge is -2.26. The van der Waals surface area contributed by atoms with Crippen LogP contribution in [-0.4, -0.2) is 76.8 Å². The van der Waals surface area contributed by atoms with E-state index in [2.05, 4.69) is 9.97 Å². The number of Topliss-reactive ketones (excluding diaryl/α,β-unsaturated/α-hetero) is 1. The number of methoxy groups -OCH3 is 1. The van der Waals surface area contributed by atoms with Gasteiger partial charge in [0.15, 0.2) is 0 Å². The van der Waals surface area contributed by atoms with Gasteiger partial charge in [-0.25, -0.2) is 14.8 Å². The summed E-state index contributed by atoms with van der Waals surface area (Å²) in [5.74, 6) is -1.76. The van der Waals surface area contributed by atoms with Crippen LogP contribution in [0.15, 0.2) is 36.0 Å². The third-order valence-electron chi connectivity index (χ3n) is 5.33. The monoisotopic (exact) mass is 438 g/mol. The Hall–Kier alpha value is -3.59. The van der Waals surface area contributed by atoms with Gasteiger partial charge in [0.25, 0.3) is 11.7 Å². The van der Waals surface area contributed by atoms with Crippen molar-refractivity contribution in [1.29, 1.82) is 0 Å². The van der Waals surface area contributed by atoms with Crippen LogP contribution < -0.4 is 0 Å². The molecule has 1 N–H and O–H groups in total. The molecule has 0 bridgehead atoms. The number of rotatable bonds is 6. The maximum atomic E-state index is 13.0. The zero-order valence-electron chi connectivity index (χ0n) is 18.7. The molecule has 0 aliphatic carbocycles. The second-order valence-corrected chi connectivity index (χ2v) is 7.83. The van der Waals surface area contributed by atoms with Gasteiger partial charge >= 0.3 is 5.97 Å². The zero-order chi connectivity index (χ0) is 23.6. The van der Waals surface area contributed by atoms with Crippen LogP contribution in [0.5, 0.6) is 0 Å². The number of carbonyl (C=O) groups is 3. The molecule has 32 heavy (non-hydrogen) atoms. The molecule has 0 spiro atoms. The Morgan fingerprint density at radius 1 is 1.19 bits per heavy atom. The molecule has 1 atom stereocenters. The number of ether oxygens (including phenoxy) is 1. The topological polar surface area (TPSA) is 113 Å². The maximum Gasteiger partial charge on any atom is 0.337 e. The summed E-state index contributed by atoms with van der Waals surface area (Å²) in [7, 11) is 5.02. The number of amides is 1. The second kappa shape index (κ2) is 9.27. The van der Waals surface area contributed by atoms with Gasteiger partial charge in [0, 0.05) is 19.3 Å². The number of hydrogen-bond acceptors (Lipinski definition) is 8. The quantitative estimate of drug-likeness (QED) is 0.315.